The van der Waals surface area contributed by atoms with Crippen molar-refractivity contribution < 1.29 is 9.53 Å². The number of hydrogen-bond acceptors (Lipinski definition) is 4. The molecule has 0 aromatic rings. The van der Waals surface area contributed by atoms with Crippen LogP contribution in [0.5, 0.6) is 0 Å². The van der Waals surface area contributed by atoms with Crippen LogP contribution in [0.15, 0.2) is 4.99 Å². The van der Waals surface area contributed by atoms with E-state index < -0.39 is 0 Å². The molecule has 0 radical (unpaired) electrons. The van der Waals surface area contributed by atoms with Crippen LogP contribution in [0.2, 0.25) is 0 Å². The van der Waals surface area contributed by atoms with E-state index in [2.05, 4.69) is 27.4 Å². The average molecular weight is 326 g/mol. The van der Waals surface area contributed by atoms with E-state index in [4.69, 9.17) is 4.74 Å². The molecule has 6 nitrogen and oxygen atoms in total. The van der Waals surface area contributed by atoms with Gasteiger partial charge in [0.25, 0.3) is 0 Å². The minimum absolute atomic E-state index is 0.219. The molecular weight excluding hydrogens is 292 g/mol. The summed E-state index contributed by atoms with van der Waals surface area (Å²) in [6.45, 7) is 10.5. The van der Waals surface area contributed by atoms with E-state index >= 15 is 0 Å². The van der Waals surface area contributed by atoms with E-state index in [1.54, 1.807) is 0 Å². The van der Waals surface area contributed by atoms with E-state index in [0.29, 0.717) is 6.54 Å². The number of carbonyl (C=O) groups excluding carboxylic acids is 1. The van der Waals surface area contributed by atoms with Gasteiger partial charge in [0.05, 0.1) is 19.6 Å². The number of aliphatic imine (C=N–C) groups is 1. The van der Waals surface area contributed by atoms with Gasteiger partial charge in [-0.05, 0) is 32.7 Å². The minimum Gasteiger partial charge on any atom is -0.469 e. The Balaban J connectivity index is 2.41. The Bertz CT molecular complexity index is 374. The summed E-state index contributed by atoms with van der Waals surface area (Å²) in [5.41, 5.74) is 0. The van der Waals surface area contributed by atoms with Crippen molar-refractivity contribution in [3.63, 3.8) is 0 Å². The predicted molar refractivity (Wildman–Crippen MR) is 94.7 cm³/mol. The molecule has 1 heterocycles. The monoisotopic (exact) mass is 326 g/mol. The smallest absolute Gasteiger partial charge is 0.310 e. The molecule has 1 rings (SSSR count). The van der Waals surface area contributed by atoms with E-state index in [1.165, 1.54) is 39.3 Å². The molecule has 0 aromatic carbocycles. The largest absolute Gasteiger partial charge is 0.469 e. The molecule has 1 saturated heterocycles. The molecule has 0 spiro atoms. The fraction of sp³-hybridized carbons (Fsp3) is 0.882. The fourth-order valence-corrected chi connectivity index (χ4v) is 2.98. The van der Waals surface area contributed by atoms with Gasteiger partial charge in [0, 0.05) is 25.7 Å². The highest BCUT2D eigenvalue weighted by molar-refractivity contribution is 5.80. The topological polar surface area (TPSA) is 66.0 Å². The van der Waals surface area contributed by atoms with Crippen LogP contribution in [0.1, 0.15) is 46.5 Å². The highest BCUT2D eigenvalue weighted by Gasteiger charge is 2.20. The molecule has 2 N–H and O–H groups in total. The molecule has 0 aromatic heterocycles. The van der Waals surface area contributed by atoms with Crippen molar-refractivity contribution in [1.82, 2.24) is 15.5 Å². The molecule has 6 heteroatoms. The van der Waals surface area contributed by atoms with E-state index in [1.807, 2.05) is 13.8 Å². The first kappa shape index (κ1) is 19.7. The molecule has 0 saturated carbocycles. The zero-order valence-corrected chi connectivity index (χ0v) is 15.2. The first-order chi connectivity index (χ1) is 11.1. The van der Waals surface area contributed by atoms with Crippen LogP contribution in [0.3, 0.4) is 0 Å². The molecule has 23 heavy (non-hydrogen) atoms. The Hall–Kier alpha value is -1.30. The maximum absolute atomic E-state index is 11.4. The van der Waals surface area contributed by atoms with Crippen LogP contribution in [-0.2, 0) is 9.53 Å². The standard InChI is InChI=1S/C17H34N4O2/c1-5-15-9-7-8-11-21(15)12-10-19-17(18-6-2)20-13-14(3)16(22)23-4/h14-15H,5-13H2,1-4H3,(H2,18,19,20). The normalized spacial score (nSPS) is 20.9. The van der Waals surface area contributed by atoms with E-state index in [-0.39, 0.29) is 11.9 Å². The third kappa shape index (κ3) is 7.20. The summed E-state index contributed by atoms with van der Waals surface area (Å²) >= 11 is 0. The fourth-order valence-electron chi connectivity index (χ4n) is 2.98. The van der Waals surface area contributed by atoms with Crippen LogP contribution in [0, 0.1) is 5.92 Å². The molecular formula is C17H34N4O2. The SMILES string of the molecule is CCNC(=NCC(C)C(=O)OC)NCCN1CCCCC1CC. The Morgan fingerprint density at radius 3 is 2.78 bits per heavy atom. The third-order valence-corrected chi connectivity index (χ3v) is 4.38. The summed E-state index contributed by atoms with van der Waals surface area (Å²) in [4.78, 5) is 18.5. The molecule has 2 unspecified atom stereocenters. The van der Waals surface area contributed by atoms with Crippen molar-refractivity contribution in [3.05, 3.63) is 0 Å². The molecule has 2 atom stereocenters. The van der Waals surface area contributed by atoms with Crippen molar-refractivity contribution in [2.45, 2.75) is 52.5 Å². The second-order valence-corrected chi connectivity index (χ2v) is 6.16. The lowest BCUT2D eigenvalue weighted by molar-refractivity contribution is -0.144. The van der Waals surface area contributed by atoms with Crippen LogP contribution >= 0.6 is 0 Å². The second kappa shape index (κ2) is 11.3. The number of ether oxygens (including phenoxy) is 1. The predicted octanol–water partition coefficient (Wildman–Crippen LogP) is 1.62. The Kier molecular flexibility index (Phi) is 9.67. The van der Waals surface area contributed by atoms with Gasteiger partial charge in [0.2, 0.25) is 0 Å². The van der Waals surface area contributed by atoms with Gasteiger partial charge >= 0.3 is 5.97 Å². The van der Waals surface area contributed by atoms with Gasteiger partial charge in [-0.2, -0.15) is 0 Å². The molecule has 1 aliphatic rings. The second-order valence-electron chi connectivity index (χ2n) is 6.16. The van der Waals surface area contributed by atoms with Crippen molar-refractivity contribution in [1.29, 1.82) is 0 Å². The molecule has 1 aliphatic heterocycles. The number of nitrogens with zero attached hydrogens (tertiary/aromatic N) is 2. The zero-order chi connectivity index (χ0) is 17.1. The van der Waals surface area contributed by atoms with Gasteiger partial charge in [-0.3, -0.25) is 14.7 Å². The summed E-state index contributed by atoms with van der Waals surface area (Å²) in [5, 5.41) is 6.60. The van der Waals surface area contributed by atoms with E-state index in [0.717, 1.165) is 31.6 Å². The van der Waals surface area contributed by atoms with Gasteiger partial charge < -0.3 is 15.4 Å². The van der Waals surface area contributed by atoms with Gasteiger partial charge in [0.15, 0.2) is 5.96 Å². The number of methoxy groups -OCH3 is 1. The quantitative estimate of drug-likeness (QED) is 0.403. The van der Waals surface area contributed by atoms with Gasteiger partial charge in [-0.1, -0.05) is 20.3 Å². The summed E-state index contributed by atoms with van der Waals surface area (Å²) < 4.78 is 4.73. The number of rotatable bonds is 8. The number of hydrogen-bond donors (Lipinski definition) is 2. The lowest BCUT2D eigenvalue weighted by Gasteiger charge is -2.35. The number of likely N-dealkylation sites (tertiary alicyclic amines) is 1. The van der Waals surface area contributed by atoms with Crippen molar-refractivity contribution in [2.24, 2.45) is 10.9 Å². The minimum atomic E-state index is -0.220. The van der Waals surface area contributed by atoms with Crippen LogP contribution in [0.4, 0.5) is 0 Å². The summed E-state index contributed by atoms with van der Waals surface area (Å²) in [5.74, 6) is 0.332. The lowest BCUT2D eigenvalue weighted by Crippen LogP contribution is -2.46. The maximum Gasteiger partial charge on any atom is 0.310 e. The first-order valence-electron chi connectivity index (χ1n) is 8.96. The number of esters is 1. The van der Waals surface area contributed by atoms with E-state index in [9.17, 15) is 4.79 Å². The average Bonchev–Trinajstić information content (AvgIpc) is 2.58. The number of carbonyl (C=O) groups is 1. The van der Waals surface area contributed by atoms with Crippen molar-refractivity contribution in [3.8, 4) is 0 Å². The maximum atomic E-state index is 11.4. The van der Waals surface area contributed by atoms with Crippen molar-refractivity contribution >= 4 is 11.9 Å². The highest BCUT2D eigenvalue weighted by atomic mass is 16.5. The van der Waals surface area contributed by atoms with Gasteiger partial charge in [0.1, 0.15) is 0 Å². The summed E-state index contributed by atoms with van der Waals surface area (Å²) in [7, 11) is 1.41. The number of nitrogens with one attached hydrogen (secondary N) is 2. The van der Waals surface area contributed by atoms with Crippen LogP contribution < -0.4 is 10.6 Å². The molecule has 0 aliphatic carbocycles. The zero-order valence-electron chi connectivity index (χ0n) is 15.2. The molecule has 1 fully saturated rings. The van der Waals surface area contributed by atoms with Crippen LogP contribution in [0.25, 0.3) is 0 Å². The molecule has 0 bridgehead atoms. The Morgan fingerprint density at radius 2 is 2.13 bits per heavy atom. The van der Waals surface area contributed by atoms with Gasteiger partial charge in [-0.25, -0.2) is 0 Å². The first-order valence-corrected chi connectivity index (χ1v) is 8.96. The molecule has 0 amide bonds. The van der Waals surface area contributed by atoms with Gasteiger partial charge in [-0.15, -0.1) is 0 Å². The lowest BCUT2D eigenvalue weighted by atomic mass is 10.0. The summed E-state index contributed by atoms with van der Waals surface area (Å²) in [6, 6.07) is 0.726. The van der Waals surface area contributed by atoms with Crippen molar-refractivity contribution in [2.75, 3.05) is 39.8 Å². The molecule has 134 valence electrons. The number of piperidine rings is 1. The highest BCUT2D eigenvalue weighted by Crippen LogP contribution is 2.18. The van der Waals surface area contributed by atoms with Crippen LogP contribution in [-0.4, -0.2) is 62.7 Å². The summed E-state index contributed by atoms with van der Waals surface area (Å²) in [6.07, 6.45) is 5.21. The Labute approximate surface area is 141 Å². The number of guanidine groups is 1. The Morgan fingerprint density at radius 1 is 1.35 bits per heavy atom. The third-order valence-electron chi connectivity index (χ3n) is 4.38.